The number of anilines is 1. The zero-order valence-electron chi connectivity index (χ0n) is 8.66. The van der Waals surface area contributed by atoms with E-state index < -0.39 is 11.7 Å². The van der Waals surface area contributed by atoms with Crippen LogP contribution < -0.4 is 5.32 Å². The van der Waals surface area contributed by atoms with E-state index in [4.69, 9.17) is 0 Å². The molecule has 0 unspecified atom stereocenters. The normalized spacial score (nSPS) is 11.5. The highest BCUT2D eigenvalue weighted by Crippen LogP contribution is 2.30. The Morgan fingerprint density at radius 1 is 1.29 bits per heavy atom. The first-order valence-electron chi connectivity index (χ1n) is 4.84. The van der Waals surface area contributed by atoms with Gasteiger partial charge in [-0.3, -0.25) is 4.98 Å². The van der Waals surface area contributed by atoms with Crippen molar-refractivity contribution < 1.29 is 13.2 Å². The fourth-order valence-electron chi connectivity index (χ4n) is 1.32. The molecule has 1 N–H and O–H groups in total. The van der Waals surface area contributed by atoms with Gasteiger partial charge in [0.25, 0.3) is 0 Å². The van der Waals surface area contributed by atoms with Crippen molar-refractivity contribution in [2.45, 2.75) is 12.7 Å². The summed E-state index contributed by atoms with van der Waals surface area (Å²) in [7, 11) is 0. The van der Waals surface area contributed by atoms with Crippen LogP contribution in [0.2, 0.25) is 0 Å². The lowest BCUT2D eigenvalue weighted by Crippen LogP contribution is -2.06. The molecule has 1 heterocycles. The molecular formula is C11H9F3N2S. The number of alkyl halides is 3. The third kappa shape index (κ3) is 3.20. The van der Waals surface area contributed by atoms with Gasteiger partial charge in [-0.05, 0) is 18.2 Å². The molecule has 0 atom stereocenters. The van der Waals surface area contributed by atoms with Crippen LogP contribution in [0.25, 0.3) is 0 Å². The van der Waals surface area contributed by atoms with Gasteiger partial charge < -0.3 is 5.32 Å². The Kier molecular flexibility index (Phi) is 3.33. The first-order valence-corrected chi connectivity index (χ1v) is 5.72. The maximum atomic E-state index is 12.4. The van der Waals surface area contributed by atoms with Crippen molar-refractivity contribution >= 4 is 17.0 Å². The molecule has 0 amide bonds. The fourth-order valence-corrected chi connectivity index (χ4v) is 1.86. The number of nitrogens with one attached hydrogen (secondary N) is 1. The maximum absolute atomic E-state index is 12.4. The van der Waals surface area contributed by atoms with Crippen molar-refractivity contribution in [3.63, 3.8) is 0 Å². The summed E-state index contributed by atoms with van der Waals surface area (Å²) >= 11 is 1.46. The highest BCUT2D eigenvalue weighted by Gasteiger charge is 2.30. The Balaban J connectivity index is 2.07. The third-order valence-corrected chi connectivity index (χ3v) is 2.92. The molecule has 2 nitrogen and oxygen atoms in total. The fraction of sp³-hybridized carbons (Fsp3) is 0.182. The van der Waals surface area contributed by atoms with E-state index in [2.05, 4.69) is 10.3 Å². The summed E-state index contributed by atoms with van der Waals surface area (Å²) in [5.41, 5.74) is 1.49. The average molecular weight is 258 g/mol. The van der Waals surface area contributed by atoms with Gasteiger partial charge in [-0.1, -0.05) is 6.07 Å². The lowest BCUT2D eigenvalue weighted by Gasteiger charge is -2.09. The number of benzene rings is 1. The smallest absolute Gasteiger partial charge is 0.380 e. The minimum atomic E-state index is -4.30. The van der Waals surface area contributed by atoms with E-state index in [0.717, 1.165) is 17.0 Å². The Morgan fingerprint density at radius 3 is 2.76 bits per heavy atom. The average Bonchev–Trinajstić information content (AvgIpc) is 2.78. The van der Waals surface area contributed by atoms with Gasteiger partial charge in [0.1, 0.15) is 0 Å². The third-order valence-electron chi connectivity index (χ3n) is 2.14. The predicted molar refractivity (Wildman–Crippen MR) is 60.9 cm³/mol. The summed E-state index contributed by atoms with van der Waals surface area (Å²) in [5.74, 6) is 0. The van der Waals surface area contributed by atoms with E-state index in [1.54, 1.807) is 17.8 Å². The van der Waals surface area contributed by atoms with Crippen LogP contribution in [-0.4, -0.2) is 4.98 Å². The second-order valence-corrected chi connectivity index (χ2v) is 4.37. The van der Waals surface area contributed by atoms with Crippen LogP contribution in [0.1, 0.15) is 10.4 Å². The second kappa shape index (κ2) is 4.75. The Morgan fingerprint density at radius 2 is 2.12 bits per heavy atom. The van der Waals surface area contributed by atoms with Crippen molar-refractivity contribution in [1.29, 1.82) is 0 Å². The summed E-state index contributed by atoms with van der Waals surface area (Å²) < 4.78 is 37.3. The summed E-state index contributed by atoms with van der Waals surface area (Å²) in [5, 5.41) is 2.93. The molecule has 0 fully saturated rings. The van der Waals surface area contributed by atoms with Crippen LogP contribution in [-0.2, 0) is 12.7 Å². The molecule has 17 heavy (non-hydrogen) atoms. The molecule has 0 saturated carbocycles. The van der Waals surface area contributed by atoms with Crippen molar-refractivity contribution in [1.82, 2.24) is 4.98 Å². The van der Waals surface area contributed by atoms with Gasteiger partial charge in [0.2, 0.25) is 0 Å². The number of thiazole rings is 1. The topological polar surface area (TPSA) is 24.9 Å². The van der Waals surface area contributed by atoms with Crippen LogP contribution in [0.15, 0.2) is 36.0 Å². The summed E-state index contributed by atoms with van der Waals surface area (Å²) in [4.78, 5) is 4.86. The van der Waals surface area contributed by atoms with E-state index in [-0.39, 0.29) is 0 Å². The van der Waals surface area contributed by atoms with Gasteiger partial charge in [-0.25, -0.2) is 0 Å². The highest BCUT2D eigenvalue weighted by molar-refractivity contribution is 7.09. The number of nitrogens with zero attached hydrogens (tertiary/aromatic N) is 1. The summed E-state index contributed by atoms with van der Waals surface area (Å²) in [6.07, 6.45) is -2.62. The molecule has 0 spiro atoms. The van der Waals surface area contributed by atoms with Crippen molar-refractivity contribution in [3.8, 4) is 0 Å². The molecule has 0 radical (unpaired) electrons. The first kappa shape index (κ1) is 11.9. The van der Waals surface area contributed by atoms with Gasteiger partial charge in [0.15, 0.2) is 0 Å². The molecule has 2 rings (SSSR count). The quantitative estimate of drug-likeness (QED) is 0.906. The molecule has 0 aliphatic carbocycles. The molecular weight excluding hydrogens is 249 g/mol. The molecule has 90 valence electrons. The van der Waals surface area contributed by atoms with Crippen molar-refractivity contribution in [2.24, 2.45) is 0 Å². The van der Waals surface area contributed by atoms with Crippen molar-refractivity contribution in [2.75, 3.05) is 5.32 Å². The van der Waals surface area contributed by atoms with Crippen LogP contribution in [0.4, 0.5) is 18.9 Å². The summed E-state index contributed by atoms with van der Waals surface area (Å²) in [6.45, 7) is 0.478. The SMILES string of the molecule is FC(F)(F)c1cccc(NCc2cncs2)c1. The Bertz CT molecular complexity index is 480. The minimum absolute atomic E-state index is 0.452. The molecule has 0 bridgehead atoms. The van der Waals surface area contributed by atoms with E-state index in [0.29, 0.717) is 12.2 Å². The van der Waals surface area contributed by atoms with Gasteiger partial charge in [0, 0.05) is 16.8 Å². The Hall–Kier alpha value is -1.56. The number of rotatable bonds is 3. The van der Waals surface area contributed by atoms with Crippen LogP contribution in [0, 0.1) is 0 Å². The van der Waals surface area contributed by atoms with E-state index in [9.17, 15) is 13.2 Å². The second-order valence-electron chi connectivity index (χ2n) is 3.40. The highest BCUT2D eigenvalue weighted by atomic mass is 32.1. The monoisotopic (exact) mass is 258 g/mol. The summed E-state index contributed by atoms with van der Waals surface area (Å²) in [6, 6.07) is 5.15. The predicted octanol–water partition coefficient (Wildman–Crippen LogP) is 3.77. The van der Waals surface area contributed by atoms with Gasteiger partial charge >= 0.3 is 6.18 Å². The molecule has 0 aliphatic rings. The van der Waals surface area contributed by atoms with Crippen LogP contribution in [0.5, 0.6) is 0 Å². The number of halogens is 3. The van der Waals surface area contributed by atoms with E-state index >= 15 is 0 Å². The van der Waals surface area contributed by atoms with E-state index in [1.165, 1.54) is 17.4 Å². The number of aromatic nitrogens is 1. The molecule has 1 aromatic heterocycles. The first-order chi connectivity index (χ1) is 8.05. The minimum Gasteiger partial charge on any atom is -0.380 e. The largest absolute Gasteiger partial charge is 0.416 e. The van der Waals surface area contributed by atoms with Crippen molar-refractivity contribution in [3.05, 3.63) is 46.4 Å². The lowest BCUT2D eigenvalue weighted by molar-refractivity contribution is -0.137. The standard InChI is InChI=1S/C11H9F3N2S/c12-11(13,14)8-2-1-3-9(4-8)16-6-10-5-15-7-17-10/h1-5,7,16H,6H2. The van der Waals surface area contributed by atoms with Crippen LogP contribution in [0.3, 0.4) is 0 Å². The Labute approximate surface area is 100 Å². The van der Waals surface area contributed by atoms with Crippen LogP contribution >= 0.6 is 11.3 Å². The molecule has 6 heteroatoms. The van der Waals surface area contributed by atoms with Gasteiger partial charge in [-0.2, -0.15) is 13.2 Å². The molecule has 2 aromatic rings. The molecule has 0 saturated heterocycles. The lowest BCUT2D eigenvalue weighted by atomic mass is 10.2. The van der Waals surface area contributed by atoms with Gasteiger partial charge in [0.05, 0.1) is 17.6 Å². The molecule has 1 aromatic carbocycles. The number of hydrogen-bond donors (Lipinski definition) is 1. The zero-order valence-corrected chi connectivity index (χ0v) is 9.48. The van der Waals surface area contributed by atoms with Gasteiger partial charge in [-0.15, -0.1) is 11.3 Å². The maximum Gasteiger partial charge on any atom is 0.416 e. The van der Waals surface area contributed by atoms with E-state index in [1.807, 2.05) is 0 Å². The zero-order chi connectivity index (χ0) is 12.3. The number of hydrogen-bond acceptors (Lipinski definition) is 3. The molecule has 0 aliphatic heterocycles.